The molecule has 2 aliphatic rings. The quantitative estimate of drug-likeness (QED) is 0.672. The summed E-state index contributed by atoms with van der Waals surface area (Å²) in [5.74, 6) is -0.771. The van der Waals surface area contributed by atoms with Crippen LogP contribution in [0.15, 0.2) is 4.79 Å². The van der Waals surface area contributed by atoms with E-state index >= 15 is 0 Å². The van der Waals surface area contributed by atoms with Crippen molar-refractivity contribution in [2.45, 2.75) is 71.2 Å². The summed E-state index contributed by atoms with van der Waals surface area (Å²) in [7, 11) is 0. The molecule has 2 saturated heterocycles. The molecule has 2 N–H and O–H groups in total. The van der Waals surface area contributed by atoms with Gasteiger partial charge in [0.15, 0.2) is 11.0 Å². The monoisotopic (exact) mass is 466 g/mol. The summed E-state index contributed by atoms with van der Waals surface area (Å²) in [4.78, 5) is 33.9. The Bertz CT molecular complexity index is 1120. The van der Waals surface area contributed by atoms with Gasteiger partial charge in [-0.2, -0.15) is 4.98 Å². The van der Waals surface area contributed by atoms with Crippen LogP contribution in [-0.4, -0.2) is 57.8 Å². The van der Waals surface area contributed by atoms with Crippen molar-refractivity contribution in [1.82, 2.24) is 20.2 Å². The van der Waals surface area contributed by atoms with Crippen molar-refractivity contribution in [3.8, 4) is 5.88 Å². The minimum Gasteiger partial charge on any atom is -0.475 e. The molecule has 2 fully saturated rings. The number of carbonyl (C=O) groups excluding carboxylic acids is 1. The molecule has 0 spiro atoms. The van der Waals surface area contributed by atoms with Gasteiger partial charge in [-0.05, 0) is 53.0 Å². The average molecular weight is 467 g/mol. The second-order valence-electron chi connectivity index (χ2n) is 9.49. The first kappa shape index (κ1) is 22.8. The van der Waals surface area contributed by atoms with Crippen molar-refractivity contribution in [1.29, 1.82) is 0 Å². The van der Waals surface area contributed by atoms with Crippen LogP contribution in [-0.2, 0) is 4.74 Å². The van der Waals surface area contributed by atoms with E-state index in [1.807, 2.05) is 20.8 Å². The molecule has 0 aromatic carbocycles. The Morgan fingerprint density at radius 2 is 2.00 bits per heavy atom. The molecule has 2 aliphatic heterocycles. The SMILES string of the molecule is Cc1[nH]c(=O)c2c(OCC3NCC4CCC3N4C(=O)OC(C)(C)C)nc(Cl)c(F)c2c1C. The third-order valence-electron chi connectivity index (χ3n) is 6.16. The lowest BCUT2D eigenvalue weighted by Crippen LogP contribution is -2.61. The van der Waals surface area contributed by atoms with Gasteiger partial charge in [-0.25, -0.2) is 9.18 Å². The molecule has 2 aromatic heterocycles. The predicted octanol–water partition coefficient (Wildman–Crippen LogP) is 3.45. The van der Waals surface area contributed by atoms with Gasteiger partial charge in [-0.1, -0.05) is 11.6 Å². The number of halogens is 2. The molecule has 3 unspecified atom stereocenters. The van der Waals surface area contributed by atoms with E-state index in [0.29, 0.717) is 17.8 Å². The number of hydrogen-bond donors (Lipinski definition) is 2. The first-order valence-electron chi connectivity index (χ1n) is 10.7. The lowest BCUT2D eigenvalue weighted by Gasteiger charge is -2.40. The number of hydrogen-bond acceptors (Lipinski definition) is 6. The van der Waals surface area contributed by atoms with Crippen LogP contribution in [0.3, 0.4) is 0 Å². The van der Waals surface area contributed by atoms with Crippen LogP contribution in [0.1, 0.15) is 44.9 Å². The molecule has 174 valence electrons. The Hall–Kier alpha value is -2.39. The van der Waals surface area contributed by atoms with Crippen LogP contribution in [0, 0.1) is 19.7 Å². The zero-order valence-electron chi connectivity index (χ0n) is 18.8. The van der Waals surface area contributed by atoms with E-state index in [2.05, 4.69) is 15.3 Å². The summed E-state index contributed by atoms with van der Waals surface area (Å²) in [6, 6.07) is -0.251. The Balaban J connectivity index is 1.60. The number of aromatic nitrogens is 2. The molecular formula is C22H28ClFN4O4. The molecule has 4 heterocycles. The molecule has 32 heavy (non-hydrogen) atoms. The topological polar surface area (TPSA) is 96.6 Å². The lowest BCUT2D eigenvalue weighted by molar-refractivity contribution is 0.00115. The Morgan fingerprint density at radius 1 is 1.28 bits per heavy atom. The number of H-pyrrole nitrogens is 1. The van der Waals surface area contributed by atoms with E-state index in [0.717, 1.165) is 12.8 Å². The predicted molar refractivity (Wildman–Crippen MR) is 119 cm³/mol. The van der Waals surface area contributed by atoms with Gasteiger partial charge in [0.2, 0.25) is 5.88 Å². The second kappa shape index (κ2) is 8.19. The maximum atomic E-state index is 14.7. The molecule has 2 aromatic rings. The van der Waals surface area contributed by atoms with Crippen LogP contribution in [0.25, 0.3) is 10.8 Å². The number of piperazine rings is 1. The van der Waals surface area contributed by atoms with E-state index in [4.69, 9.17) is 21.1 Å². The molecule has 10 heteroatoms. The number of aromatic amines is 1. The van der Waals surface area contributed by atoms with Gasteiger partial charge < -0.3 is 19.8 Å². The number of pyridine rings is 2. The number of fused-ring (bicyclic) bond motifs is 3. The van der Waals surface area contributed by atoms with Gasteiger partial charge in [-0.15, -0.1) is 0 Å². The van der Waals surface area contributed by atoms with E-state index < -0.39 is 17.0 Å². The highest BCUT2D eigenvalue weighted by Crippen LogP contribution is 2.34. The highest BCUT2D eigenvalue weighted by Gasteiger charge is 2.46. The molecular weight excluding hydrogens is 439 g/mol. The highest BCUT2D eigenvalue weighted by molar-refractivity contribution is 6.30. The molecule has 0 saturated carbocycles. The first-order chi connectivity index (χ1) is 15.0. The minimum absolute atomic E-state index is 0.0264. The van der Waals surface area contributed by atoms with Gasteiger partial charge in [-0.3, -0.25) is 9.69 Å². The van der Waals surface area contributed by atoms with Crippen LogP contribution >= 0.6 is 11.6 Å². The molecule has 2 bridgehead atoms. The van der Waals surface area contributed by atoms with E-state index in [1.54, 1.807) is 18.7 Å². The van der Waals surface area contributed by atoms with Crippen molar-refractivity contribution in [3.63, 3.8) is 0 Å². The number of rotatable bonds is 3. The fourth-order valence-corrected chi connectivity index (χ4v) is 4.74. The fraction of sp³-hybridized carbons (Fsp3) is 0.591. The highest BCUT2D eigenvalue weighted by atomic mass is 35.5. The summed E-state index contributed by atoms with van der Waals surface area (Å²) in [5.41, 5.74) is 0.0393. The Kier molecular flexibility index (Phi) is 5.83. The van der Waals surface area contributed by atoms with Gasteiger partial charge in [0.1, 0.15) is 17.6 Å². The van der Waals surface area contributed by atoms with Gasteiger partial charge >= 0.3 is 6.09 Å². The number of carbonyl (C=O) groups is 1. The smallest absolute Gasteiger partial charge is 0.410 e. The summed E-state index contributed by atoms with van der Waals surface area (Å²) in [6.07, 6.45) is 1.34. The normalized spacial score (nSPS) is 23.0. The van der Waals surface area contributed by atoms with Crippen LogP contribution in [0.4, 0.5) is 9.18 Å². The van der Waals surface area contributed by atoms with Crippen LogP contribution in [0.2, 0.25) is 5.15 Å². The summed E-state index contributed by atoms with van der Waals surface area (Å²) >= 11 is 6.02. The van der Waals surface area contributed by atoms with Crippen molar-refractivity contribution in [3.05, 3.63) is 32.6 Å². The van der Waals surface area contributed by atoms with Crippen LogP contribution in [0.5, 0.6) is 5.88 Å². The summed E-state index contributed by atoms with van der Waals surface area (Å²) < 4.78 is 26.2. The Morgan fingerprint density at radius 3 is 2.69 bits per heavy atom. The maximum Gasteiger partial charge on any atom is 0.410 e. The summed E-state index contributed by atoms with van der Waals surface area (Å²) in [5, 5.41) is 3.19. The first-order valence-corrected chi connectivity index (χ1v) is 11.1. The van der Waals surface area contributed by atoms with Crippen molar-refractivity contribution in [2.24, 2.45) is 0 Å². The third-order valence-corrected chi connectivity index (χ3v) is 6.41. The number of nitrogens with zero attached hydrogens (tertiary/aromatic N) is 2. The number of aryl methyl sites for hydroxylation is 2. The second-order valence-corrected chi connectivity index (χ2v) is 9.85. The molecule has 1 amide bonds. The Labute approximate surface area is 190 Å². The van der Waals surface area contributed by atoms with Crippen molar-refractivity contribution >= 4 is 28.5 Å². The fourth-order valence-electron chi connectivity index (χ4n) is 4.56. The number of nitrogens with one attached hydrogen (secondary N) is 2. The average Bonchev–Trinajstić information content (AvgIpc) is 3.01. The zero-order chi connectivity index (χ0) is 23.4. The number of amides is 1. The van der Waals surface area contributed by atoms with Crippen LogP contribution < -0.4 is 15.6 Å². The minimum atomic E-state index is -0.744. The van der Waals surface area contributed by atoms with E-state index in [1.165, 1.54) is 0 Å². The van der Waals surface area contributed by atoms with E-state index in [9.17, 15) is 14.0 Å². The van der Waals surface area contributed by atoms with Gasteiger partial charge in [0.05, 0.1) is 12.1 Å². The third kappa shape index (κ3) is 4.03. The molecule has 0 radical (unpaired) electrons. The molecule has 0 aliphatic carbocycles. The summed E-state index contributed by atoms with van der Waals surface area (Å²) in [6.45, 7) is 9.66. The van der Waals surface area contributed by atoms with Crippen molar-refractivity contribution < 1.29 is 18.7 Å². The molecule has 8 nitrogen and oxygen atoms in total. The zero-order valence-corrected chi connectivity index (χ0v) is 19.6. The lowest BCUT2D eigenvalue weighted by atomic mass is 10.1. The standard InChI is InChI=1S/C22H28ClFN4O4/c1-10-11(2)26-19(29)16-15(10)17(24)18(23)27-20(16)31-9-13-14-7-6-12(8-25-13)28(14)21(30)32-22(3,4)5/h12-14,25H,6-9H2,1-5H3,(H,26,29). The van der Waals surface area contributed by atoms with Gasteiger partial charge in [0, 0.05) is 23.7 Å². The van der Waals surface area contributed by atoms with Crippen molar-refractivity contribution in [2.75, 3.05) is 13.2 Å². The van der Waals surface area contributed by atoms with E-state index in [-0.39, 0.29) is 52.6 Å². The molecule has 4 rings (SSSR count). The number of ether oxygens (including phenoxy) is 2. The maximum absolute atomic E-state index is 14.7. The molecule has 3 atom stereocenters. The largest absolute Gasteiger partial charge is 0.475 e. The van der Waals surface area contributed by atoms with Gasteiger partial charge in [0.25, 0.3) is 5.56 Å².